The highest BCUT2D eigenvalue weighted by molar-refractivity contribution is 5.98. The number of nitrogens with zero attached hydrogens (tertiary/aromatic N) is 1. The van der Waals surface area contributed by atoms with E-state index in [1.54, 1.807) is 20.8 Å². The van der Waals surface area contributed by atoms with Gasteiger partial charge in [-0.15, -0.1) is 0 Å². The first-order chi connectivity index (χ1) is 15.3. The number of hydrogen-bond donors (Lipinski definition) is 4. The molecule has 182 valence electrons. The second-order valence-corrected chi connectivity index (χ2v) is 8.68. The summed E-state index contributed by atoms with van der Waals surface area (Å²) in [5.74, 6) is -1.62. The number of non-ortho nitro benzene ring substituents is 1. The van der Waals surface area contributed by atoms with Crippen molar-refractivity contribution < 1.29 is 28.8 Å². The summed E-state index contributed by atoms with van der Waals surface area (Å²) in [5, 5.41) is 20.5. The second kappa shape index (κ2) is 12.4. The molecule has 12 nitrogen and oxygen atoms in total. The summed E-state index contributed by atoms with van der Waals surface area (Å²) >= 11 is 0. The van der Waals surface area contributed by atoms with Gasteiger partial charge in [-0.05, 0) is 45.2 Å². The summed E-state index contributed by atoms with van der Waals surface area (Å²) in [4.78, 5) is 58.5. The van der Waals surface area contributed by atoms with Gasteiger partial charge in [0.15, 0.2) is 0 Å². The van der Waals surface area contributed by atoms with Crippen LogP contribution in [0.4, 0.5) is 16.2 Å². The number of benzene rings is 1. The third-order valence-corrected chi connectivity index (χ3v) is 3.94. The van der Waals surface area contributed by atoms with Crippen molar-refractivity contribution in [2.45, 2.75) is 52.7 Å². The maximum Gasteiger partial charge on any atom is 0.408 e. The molecule has 0 bridgehead atoms. The van der Waals surface area contributed by atoms with E-state index in [1.165, 1.54) is 24.3 Å². The quantitative estimate of drug-likeness (QED) is 0.301. The van der Waals surface area contributed by atoms with Crippen molar-refractivity contribution in [1.82, 2.24) is 16.0 Å². The first kappa shape index (κ1) is 27.3. The Hall–Kier alpha value is -3.70. The van der Waals surface area contributed by atoms with Gasteiger partial charge in [0.1, 0.15) is 18.2 Å². The first-order valence-electron chi connectivity index (χ1n) is 10.3. The van der Waals surface area contributed by atoms with Gasteiger partial charge in [0.2, 0.25) is 17.7 Å². The molecule has 0 aliphatic rings. The number of nitro benzene ring substituents is 1. The van der Waals surface area contributed by atoms with Gasteiger partial charge in [-0.2, -0.15) is 0 Å². The summed E-state index contributed by atoms with van der Waals surface area (Å²) in [6, 6.07) is 4.41. The van der Waals surface area contributed by atoms with Crippen LogP contribution in [0.5, 0.6) is 0 Å². The van der Waals surface area contributed by atoms with Crippen LogP contribution in [0.3, 0.4) is 0 Å². The maximum absolute atomic E-state index is 12.6. The lowest BCUT2D eigenvalue weighted by atomic mass is 10.0. The molecule has 1 aromatic rings. The fourth-order valence-electron chi connectivity index (χ4n) is 2.55. The van der Waals surface area contributed by atoms with Crippen molar-refractivity contribution in [2.75, 3.05) is 18.4 Å². The third kappa shape index (κ3) is 11.5. The van der Waals surface area contributed by atoms with Gasteiger partial charge in [-0.25, -0.2) is 4.79 Å². The van der Waals surface area contributed by atoms with Crippen LogP contribution in [0.1, 0.15) is 41.0 Å². The molecule has 1 unspecified atom stereocenters. The Morgan fingerprint density at radius 3 is 2.09 bits per heavy atom. The van der Waals surface area contributed by atoms with Gasteiger partial charge in [-0.1, -0.05) is 13.8 Å². The second-order valence-electron chi connectivity index (χ2n) is 8.68. The highest BCUT2D eigenvalue weighted by atomic mass is 16.6. The van der Waals surface area contributed by atoms with E-state index in [9.17, 15) is 29.3 Å². The van der Waals surface area contributed by atoms with Gasteiger partial charge >= 0.3 is 6.09 Å². The summed E-state index contributed by atoms with van der Waals surface area (Å²) in [6.07, 6.45) is -0.430. The number of amides is 4. The number of rotatable bonds is 10. The smallest absolute Gasteiger partial charge is 0.408 e. The van der Waals surface area contributed by atoms with Crippen LogP contribution in [0.15, 0.2) is 24.3 Å². The minimum absolute atomic E-state index is 0.0746. The average Bonchev–Trinajstić information content (AvgIpc) is 2.69. The normalized spacial score (nSPS) is 11.8. The molecule has 12 heteroatoms. The number of nitro groups is 1. The molecule has 4 N–H and O–H groups in total. The largest absolute Gasteiger partial charge is 0.444 e. The van der Waals surface area contributed by atoms with Gasteiger partial charge in [-0.3, -0.25) is 24.5 Å². The Balaban J connectivity index is 2.57. The molecule has 0 spiro atoms. The molecule has 33 heavy (non-hydrogen) atoms. The predicted molar refractivity (Wildman–Crippen MR) is 120 cm³/mol. The molecular formula is C21H31N5O7. The molecule has 0 heterocycles. The Kier molecular flexibility index (Phi) is 10.2. The van der Waals surface area contributed by atoms with Crippen molar-refractivity contribution in [1.29, 1.82) is 0 Å². The van der Waals surface area contributed by atoms with E-state index in [2.05, 4.69) is 21.3 Å². The molecule has 1 aromatic carbocycles. The van der Waals surface area contributed by atoms with Crippen LogP contribution in [-0.4, -0.2) is 53.5 Å². The van der Waals surface area contributed by atoms with E-state index >= 15 is 0 Å². The summed E-state index contributed by atoms with van der Waals surface area (Å²) in [7, 11) is 0. The standard InChI is InChI=1S/C21H31N5O7/c1-13(2)10-16(19(29)24-14-6-8-15(9-7-14)26(31)32)25-18(28)12-22-17(27)11-23-20(30)33-21(3,4)5/h6-9,13,16H,10-12H2,1-5H3,(H,22,27)(H,23,30)(H,24,29)(H,25,28). The molecule has 0 aliphatic heterocycles. The van der Waals surface area contributed by atoms with E-state index in [0.29, 0.717) is 12.1 Å². The van der Waals surface area contributed by atoms with Crippen LogP contribution >= 0.6 is 0 Å². The Labute approximate surface area is 192 Å². The van der Waals surface area contributed by atoms with E-state index in [1.807, 2.05) is 13.8 Å². The molecule has 0 saturated heterocycles. The number of alkyl carbamates (subject to hydrolysis) is 1. The summed E-state index contributed by atoms with van der Waals surface area (Å²) in [5.41, 5.74) is -0.479. The number of hydrogen-bond acceptors (Lipinski definition) is 7. The zero-order valence-electron chi connectivity index (χ0n) is 19.4. The number of carbonyl (C=O) groups is 4. The van der Waals surface area contributed by atoms with Crippen LogP contribution < -0.4 is 21.3 Å². The highest BCUT2D eigenvalue weighted by Gasteiger charge is 2.23. The number of anilines is 1. The topological polar surface area (TPSA) is 169 Å². The molecule has 4 amide bonds. The van der Waals surface area contributed by atoms with Gasteiger partial charge in [0.05, 0.1) is 11.5 Å². The van der Waals surface area contributed by atoms with Gasteiger partial charge in [0, 0.05) is 17.8 Å². The van der Waals surface area contributed by atoms with Crippen molar-refractivity contribution in [2.24, 2.45) is 5.92 Å². The van der Waals surface area contributed by atoms with Crippen LogP contribution in [0, 0.1) is 16.0 Å². The Morgan fingerprint density at radius 1 is 1.00 bits per heavy atom. The molecule has 1 atom stereocenters. The zero-order valence-corrected chi connectivity index (χ0v) is 19.4. The predicted octanol–water partition coefficient (Wildman–Crippen LogP) is 1.71. The van der Waals surface area contributed by atoms with Gasteiger partial charge in [0.25, 0.3) is 5.69 Å². The lowest BCUT2D eigenvalue weighted by Crippen LogP contribution is -2.49. The Morgan fingerprint density at radius 2 is 1.58 bits per heavy atom. The Bertz CT molecular complexity index is 863. The lowest BCUT2D eigenvalue weighted by Gasteiger charge is -2.20. The van der Waals surface area contributed by atoms with E-state index in [4.69, 9.17) is 4.74 Å². The van der Waals surface area contributed by atoms with Crippen LogP contribution in [0.2, 0.25) is 0 Å². The van der Waals surface area contributed by atoms with E-state index in [0.717, 1.165) is 0 Å². The minimum atomic E-state index is -0.885. The molecule has 0 radical (unpaired) electrons. The average molecular weight is 466 g/mol. The molecule has 0 aromatic heterocycles. The van der Waals surface area contributed by atoms with Gasteiger partial charge < -0.3 is 26.0 Å². The van der Waals surface area contributed by atoms with Crippen LogP contribution in [-0.2, 0) is 19.1 Å². The molecular weight excluding hydrogens is 434 g/mol. The third-order valence-electron chi connectivity index (χ3n) is 3.94. The lowest BCUT2D eigenvalue weighted by molar-refractivity contribution is -0.384. The zero-order chi connectivity index (χ0) is 25.2. The molecule has 0 fully saturated rings. The minimum Gasteiger partial charge on any atom is -0.444 e. The fourth-order valence-corrected chi connectivity index (χ4v) is 2.55. The monoisotopic (exact) mass is 465 g/mol. The van der Waals surface area contributed by atoms with Crippen molar-refractivity contribution in [3.8, 4) is 0 Å². The van der Waals surface area contributed by atoms with Crippen LogP contribution in [0.25, 0.3) is 0 Å². The highest BCUT2D eigenvalue weighted by Crippen LogP contribution is 2.16. The SMILES string of the molecule is CC(C)CC(NC(=O)CNC(=O)CNC(=O)OC(C)(C)C)C(=O)Nc1ccc([N+](=O)[O-])cc1. The fraction of sp³-hybridized carbons (Fsp3) is 0.524. The van der Waals surface area contributed by atoms with E-state index in [-0.39, 0.29) is 18.2 Å². The van der Waals surface area contributed by atoms with Crippen molar-refractivity contribution in [3.63, 3.8) is 0 Å². The summed E-state index contributed by atoms with van der Waals surface area (Å²) < 4.78 is 5.01. The maximum atomic E-state index is 12.6. The summed E-state index contributed by atoms with van der Waals surface area (Å²) in [6.45, 7) is 8.03. The van der Waals surface area contributed by atoms with Crippen molar-refractivity contribution in [3.05, 3.63) is 34.4 Å². The number of nitrogens with one attached hydrogen (secondary N) is 4. The molecule has 0 saturated carbocycles. The molecule has 1 rings (SSSR count). The number of carbonyl (C=O) groups excluding carboxylic acids is 4. The van der Waals surface area contributed by atoms with E-state index < -0.39 is 46.9 Å². The van der Waals surface area contributed by atoms with Crippen molar-refractivity contribution >= 4 is 35.2 Å². The molecule has 0 aliphatic carbocycles. The first-order valence-corrected chi connectivity index (χ1v) is 10.3. The number of ether oxygens (including phenoxy) is 1.